The van der Waals surface area contributed by atoms with Crippen LogP contribution in [0.5, 0.6) is 5.75 Å². The Morgan fingerprint density at radius 2 is 1.97 bits per heavy atom. The number of aryl methyl sites for hydroxylation is 1. The number of amidine groups is 1. The van der Waals surface area contributed by atoms with Gasteiger partial charge in [0.25, 0.3) is 5.91 Å². The number of carbonyl (C=O) groups excluding carboxylic acids is 1. The second-order valence-corrected chi connectivity index (χ2v) is 8.18. The minimum atomic E-state index is -4.90. The number of hydrogen-bond donors (Lipinski definition) is 3. The molecule has 0 unspecified atom stereocenters. The number of nitrogens with zero attached hydrogens (tertiary/aromatic N) is 4. The molecule has 3 N–H and O–H groups in total. The largest absolute Gasteiger partial charge is 0.505 e. The van der Waals surface area contributed by atoms with Crippen molar-refractivity contribution in [2.24, 2.45) is 12.0 Å². The zero-order valence-corrected chi connectivity index (χ0v) is 19.5. The molecular weight excluding hydrogens is 523 g/mol. The lowest BCUT2D eigenvalue weighted by atomic mass is 10.1. The lowest BCUT2D eigenvalue weighted by molar-refractivity contribution is -0.141. The van der Waals surface area contributed by atoms with E-state index in [-0.39, 0.29) is 28.7 Å². The first kappa shape index (κ1) is 25.8. The van der Waals surface area contributed by atoms with E-state index in [0.29, 0.717) is 11.3 Å². The number of amides is 1. The quantitative estimate of drug-likeness (QED) is 0.185. The minimum absolute atomic E-state index is 0.241. The van der Waals surface area contributed by atoms with Crippen molar-refractivity contribution in [3.8, 4) is 17.0 Å². The van der Waals surface area contributed by atoms with E-state index in [9.17, 15) is 31.9 Å². The monoisotopic (exact) mass is 538 g/mol. The van der Waals surface area contributed by atoms with E-state index in [1.165, 1.54) is 37.4 Å². The van der Waals surface area contributed by atoms with Crippen molar-refractivity contribution in [1.29, 1.82) is 0 Å². The summed E-state index contributed by atoms with van der Waals surface area (Å²) in [6.45, 7) is 0. The number of aromatic amines is 1. The number of alkyl halides is 3. The standard InChI is InChI=1S/C23H16ClF5N6O2/c1-35-10-13(21(34-35)23(27,28)29)22(37)31-19(30-16-4-2-3-14(24)20(16)26)9-12-8-17(33-32-12)11-5-6-18(36)15(25)7-11/h2-8,10,36H,9H2,1H3,(H,32,33)(H,30,31,37). The summed E-state index contributed by atoms with van der Waals surface area (Å²) >= 11 is 5.80. The van der Waals surface area contributed by atoms with E-state index in [4.69, 9.17) is 11.6 Å². The van der Waals surface area contributed by atoms with Crippen LogP contribution in [0.25, 0.3) is 11.3 Å². The van der Waals surface area contributed by atoms with Crippen LogP contribution in [0.1, 0.15) is 21.7 Å². The maximum Gasteiger partial charge on any atom is 0.435 e. The number of halogens is 6. The molecular formula is C23H16ClF5N6O2. The van der Waals surface area contributed by atoms with Crippen LogP contribution < -0.4 is 5.32 Å². The van der Waals surface area contributed by atoms with Crippen LogP contribution in [-0.2, 0) is 19.6 Å². The number of aromatic nitrogens is 4. The fraction of sp³-hybridized carbons (Fsp3) is 0.130. The second-order valence-electron chi connectivity index (χ2n) is 7.77. The Kier molecular flexibility index (Phi) is 6.99. The lowest BCUT2D eigenvalue weighted by Crippen LogP contribution is -2.33. The van der Waals surface area contributed by atoms with Gasteiger partial charge in [0, 0.05) is 30.9 Å². The predicted molar refractivity (Wildman–Crippen MR) is 124 cm³/mol. The molecule has 4 rings (SSSR count). The van der Waals surface area contributed by atoms with E-state index < -0.39 is 40.7 Å². The van der Waals surface area contributed by atoms with Crippen LogP contribution in [0, 0.1) is 11.6 Å². The van der Waals surface area contributed by atoms with Crippen molar-refractivity contribution in [1.82, 2.24) is 25.3 Å². The van der Waals surface area contributed by atoms with E-state index >= 15 is 0 Å². The molecule has 0 atom stereocenters. The number of carbonyl (C=O) groups is 1. The van der Waals surface area contributed by atoms with Crippen molar-refractivity contribution in [3.63, 3.8) is 0 Å². The van der Waals surface area contributed by atoms with E-state index in [0.717, 1.165) is 23.0 Å². The number of aromatic hydroxyl groups is 1. The number of rotatable bonds is 5. The molecule has 8 nitrogen and oxygen atoms in total. The van der Waals surface area contributed by atoms with E-state index in [1.807, 2.05) is 0 Å². The number of phenolic OH excluding ortho intramolecular Hbond substituents is 1. The Balaban J connectivity index is 1.68. The zero-order valence-electron chi connectivity index (χ0n) is 18.7. The fourth-order valence-electron chi connectivity index (χ4n) is 3.34. The van der Waals surface area contributed by atoms with Gasteiger partial charge in [0.05, 0.1) is 16.3 Å². The van der Waals surface area contributed by atoms with Crippen molar-refractivity contribution < 1.29 is 31.9 Å². The first-order valence-corrected chi connectivity index (χ1v) is 10.8. The van der Waals surface area contributed by atoms with Crippen LogP contribution in [0.3, 0.4) is 0 Å². The number of phenols is 1. The molecule has 0 saturated carbocycles. The summed E-state index contributed by atoms with van der Waals surface area (Å²) in [6, 6.07) is 9.01. The Bertz CT molecular complexity index is 1510. The molecule has 0 aliphatic heterocycles. The fourth-order valence-corrected chi connectivity index (χ4v) is 3.51. The first-order valence-electron chi connectivity index (χ1n) is 10.4. The van der Waals surface area contributed by atoms with Gasteiger partial charge in [-0.05, 0) is 36.4 Å². The van der Waals surface area contributed by atoms with E-state index in [2.05, 4.69) is 25.6 Å². The van der Waals surface area contributed by atoms with Crippen LogP contribution >= 0.6 is 11.6 Å². The van der Waals surface area contributed by atoms with Crippen molar-refractivity contribution >= 4 is 29.0 Å². The zero-order chi connectivity index (χ0) is 26.9. The molecule has 0 aliphatic carbocycles. The Morgan fingerprint density at radius 1 is 1.22 bits per heavy atom. The van der Waals surface area contributed by atoms with Gasteiger partial charge < -0.3 is 10.4 Å². The molecule has 0 radical (unpaired) electrons. The topological polar surface area (TPSA) is 108 Å². The SMILES string of the molecule is Cn1cc(C(=O)NC(Cc2cc(-c3ccc(O)c(F)c3)n[nH]2)=Nc2cccc(Cl)c2F)c(C(F)(F)F)n1. The molecule has 0 aliphatic rings. The summed E-state index contributed by atoms with van der Waals surface area (Å²) in [6.07, 6.45) is -4.25. The van der Waals surface area contributed by atoms with Crippen LogP contribution in [0.2, 0.25) is 5.02 Å². The van der Waals surface area contributed by atoms with Crippen LogP contribution in [0.15, 0.2) is 53.7 Å². The average molecular weight is 539 g/mol. The number of hydrogen-bond acceptors (Lipinski definition) is 5. The van der Waals surface area contributed by atoms with Gasteiger partial charge in [-0.15, -0.1) is 0 Å². The second kappa shape index (κ2) is 10.0. The average Bonchev–Trinajstić information content (AvgIpc) is 3.45. The highest BCUT2D eigenvalue weighted by molar-refractivity contribution is 6.31. The number of H-pyrrole nitrogens is 1. The summed E-state index contributed by atoms with van der Waals surface area (Å²) in [5.41, 5.74) is -1.57. The molecule has 4 aromatic rings. The molecule has 0 fully saturated rings. The Labute approximate surface area is 210 Å². The summed E-state index contributed by atoms with van der Waals surface area (Å²) in [4.78, 5) is 16.9. The molecule has 0 spiro atoms. The number of aliphatic imine (C=N–C) groups is 1. The molecule has 0 bridgehead atoms. The third kappa shape index (κ3) is 5.77. The van der Waals surface area contributed by atoms with Crippen LogP contribution in [-0.4, -0.2) is 36.8 Å². The van der Waals surface area contributed by atoms with Gasteiger partial charge >= 0.3 is 6.18 Å². The summed E-state index contributed by atoms with van der Waals surface area (Å²) in [5.74, 6) is -3.74. The highest BCUT2D eigenvalue weighted by Crippen LogP contribution is 2.31. The molecule has 2 aromatic heterocycles. The summed E-state index contributed by atoms with van der Waals surface area (Å²) in [5, 5.41) is 21.4. The minimum Gasteiger partial charge on any atom is -0.505 e. The molecule has 14 heteroatoms. The Hall–Kier alpha value is -4.26. The summed E-state index contributed by atoms with van der Waals surface area (Å²) in [7, 11) is 1.22. The molecule has 0 saturated heterocycles. The molecule has 37 heavy (non-hydrogen) atoms. The molecule has 1 amide bonds. The maximum absolute atomic E-state index is 14.5. The summed E-state index contributed by atoms with van der Waals surface area (Å²) < 4.78 is 69.1. The third-order valence-electron chi connectivity index (χ3n) is 5.02. The number of nitrogens with one attached hydrogen (secondary N) is 2. The van der Waals surface area contributed by atoms with Gasteiger partial charge in [0.2, 0.25) is 0 Å². The predicted octanol–water partition coefficient (Wildman–Crippen LogP) is 5.17. The smallest absolute Gasteiger partial charge is 0.435 e. The van der Waals surface area contributed by atoms with Gasteiger partial charge in [0.15, 0.2) is 23.1 Å². The molecule has 192 valence electrons. The van der Waals surface area contributed by atoms with Gasteiger partial charge in [0.1, 0.15) is 11.5 Å². The van der Waals surface area contributed by atoms with Crippen molar-refractivity contribution in [2.75, 3.05) is 0 Å². The molecule has 2 aromatic carbocycles. The highest BCUT2D eigenvalue weighted by atomic mass is 35.5. The maximum atomic E-state index is 14.5. The normalized spacial score (nSPS) is 12.1. The lowest BCUT2D eigenvalue weighted by Gasteiger charge is -2.10. The first-order chi connectivity index (χ1) is 17.4. The van der Waals surface area contributed by atoms with Gasteiger partial charge in [-0.1, -0.05) is 17.7 Å². The molecule has 2 heterocycles. The third-order valence-corrected chi connectivity index (χ3v) is 5.31. The Morgan fingerprint density at radius 3 is 2.68 bits per heavy atom. The van der Waals surface area contributed by atoms with Crippen LogP contribution in [0.4, 0.5) is 27.6 Å². The van der Waals surface area contributed by atoms with Crippen molar-refractivity contribution in [2.45, 2.75) is 12.6 Å². The number of benzene rings is 2. The van der Waals surface area contributed by atoms with Gasteiger partial charge in [-0.25, -0.2) is 13.8 Å². The van der Waals surface area contributed by atoms with Crippen molar-refractivity contribution in [3.05, 3.63) is 82.3 Å². The highest BCUT2D eigenvalue weighted by Gasteiger charge is 2.39. The van der Waals surface area contributed by atoms with Gasteiger partial charge in [-0.2, -0.15) is 23.4 Å². The van der Waals surface area contributed by atoms with E-state index in [1.54, 1.807) is 0 Å². The van der Waals surface area contributed by atoms with Gasteiger partial charge in [-0.3, -0.25) is 14.6 Å².